The van der Waals surface area contributed by atoms with Gasteiger partial charge in [0.05, 0.1) is 16.6 Å². The van der Waals surface area contributed by atoms with Crippen LogP contribution in [0.5, 0.6) is 11.5 Å². The van der Waals surface area contributed by atoms with Crippen molar-refractivity contribution in [3.8, 4) is 17.6 Å². The topological polar surface area (TPSA) is 76.2 Å². The third kappa shape index (κ3) is 3.57. The van der Waals surface area contributed by atoms with Crippen LogP contribution >= 0.6 is 0 Å². The predicted molar refractivity (Wildman–Crippen MR) is 78.3 cm³/mol. The molecule has 0 fully saturated rings. The van der Waals surface area contributed by atoms with E-state index in [4.69, 9.17) is 10.00 Å². The molecule has 2 aromatic rings. The van der Waals surface area contributed by atoms with Crippen molar-refractivity contribution in [2.75, 3.05) is 0 Å². The van der Waals surface area contributed by atoms with Gasteiger partial charge in [0, 0.05) is 6.07 Å². The number of benzene rings is 2. The Morgan fingerprint density at radius 3 is 2.52 bits per heavy atom. The first-order valence-corrected chi connectivity index (χ1v) is 6.59. The quantitative estimate of drug-likeness (QED) is 0.608. The minimum Gasteiger partial charge on any atom is -0.450 e. The van der Waals surface area contributed by atoms with Gasteiger partial charge in [0.2, 0.25) is 5.75 Å². The number of ether oxygens (including phenoxy) is 1. The highest BCUT2D eigenvalue weighted by atomic mass is 16.6. The van der Waals surface area contributed by atoms with Crippen LogP contribution in [0.1, 0.15) is 24.5 Å². The summed E-state index contributed by atoms with van der Waals surface area (Å²) < 4.78 is 5.55. The normalized spacial score (nSPS) is 9.90. The highest BCUT2D eigenvalue weighted by Crippen LogP contribution is 2.32. The third-order valence-corrected chi connectivity index (χ3v) is 2.97. The van der Waals surface area contributed by atoms with Gasteiger partial charge in [0.25, 0.3) is 0 Å². The molecule has 0 atom stereocenters. The molecular formula is C16H14N2O3. The van der Waals surface area contributed by atoms with Gasteiger partial charge in [-0.2, -0.15) is 5.26 Å². The molecule has 0 saturated heterocycles. The van der Waals surface area contributed by atoms with Crippen LogP contribution in [0, 0.1) is 21.4 Å². The van der Waals surface area contributed by atoms with Crippen molar-refractivity contribution in [3.63, 3.8) is 0 Å². The Hall–Kier alpha value is -2.87. The molecule has 0 heterocycles. The number of aryl methyl sites for hydroxylation is 1. The maximum absolute atomic E-state index is 11.0. The van der Waals surface area contributed by atoms with E-state index in [-0.39, 0.29) is 17.0 Å². The molecule has 0 aliphatic rings. The van der Waals surface area contributed by atoms with Crippen LogP contribution in [0.3, 0.4) is 0 Å². The van der Waals surface area contributed by atoms with E-state index in [0.29, 0.717) is 5.75 Å². The number of hydrogen-bond donors (Lipinski definition) is 0. The summed E-state index contributed by atoms with van der Waals surface area (Å²) in [7, 11) is 0. The average Bonchev–Trinajstić information content (AvgIpc) is 2.49. The maximum Gasteiger partial charge on any atom is 0.312 e. The largest absolute Gasteiger partial charge is 0.450 e. The molecule has 0 aliphatic carbocycles. The molecule has 0 spiro atoms. The van der Waals surface area contributed by atoms with Crippen molar-refractivity contribution in [3.05, 3.63) is 63.7 Å². The summed E-state index contributed by atoms with van der Waals surface area (Å²) in [6.45, 7) is 2.10. The Kier molecular flexibility index (Phi) is 4.52. The van der Waals surface area contributed by atoms with Crippen molar-refractivity contribution < 1.29 is 9.66 Å². The van der Waals surface area contributed by atoms with Gasteiger partial charge in [-0.25, -0.2) is 0 Å². The van der Waals surface area contributed by atoms with Crippen LogP contribution < -0.4 is 4.74 Å². The number of rotatable bonds is 5. The lowest BCUT2D eigenvalue weighted by Gasteiger charge is -2.07. The second kappa shape index (κ2) is 6.53. The third-order valence-electron chi connectivity index (χ3n) is 2.97. The number of nitriles is 1. The Balaban J connectivity index is 2.26. The van der Waals surface area contributed by atoms with E-state index in [1.165, 1.54) is 23.8 Å². The van der Waals surface area contributed by atoms with Crippen LogP contribution in [0.2, 0.25) is 0 Å². The highest BCUT2D eigenvalue weighted by molar-refractivity contribution is 5.53. The number of nitro groups is 1. The summed E-state index contributed by atoms with van der Waals surface area (Å²) in [5.41, 5.74) is 1.21. The fourth-order valence-electron chi connectivity index (χ4n) is 1.96. The average molecular weight is 282 g/mol. The van der Waals surface area contributed by atoms with Gasteiger partial charge in [0.1, 0.15) is 5.75 Å². The zero-order chi connectivity index (χ0) is 15.2. The summed E-state index contributed by atoms with van der Waals surface area (Å²) in [4.78, 5) is 10.5. The molecule has 0 saturated carbocycles. The van der Waals surface area contributed by atoms with Gasteiger partial charge in [-0.1, -0.05) is 25.5 Å². The summed E-state index contributed by atoms with van der Waals surface area (Å²) >= 11 is 0. The standard InChI is InChI=1S/C16H14N2O3/c1-2-3-12-4-7-14(8-5-12)21-16-9-6-13(11-17)10-15(16)18(19)20/h4-10H,2-3H2,1H3. The number of nitrogens with zero attached hydrogens (tertiary/aromatic N) is 2. The number of hydrogen-bond acceptors (Lipinski definition) is 4. The van der Waals surface area contributed by atoms with Gasteiger partial charge in [-0.3, -0.25) is 10.1 Å². The number of nitro benzene ring substituents is 1. The molecular weight excluding hydrogens is 268 g/mol. The van der Waals surface area contributed by atoms with Gasteiger partial charge < -0.3 is 4.74 Å². The van der Waals surface area contributed by atoms with E-state index >= 15 is 0 Å². The van der Waals surface area contributed by atoms with Crippen molar-refractivity contribution >= 4 is 5.69 Å². The minimum absolute atomic E-state index is 0.127. The second-order valence-electron chi connectivity index (χ2n) is 4.55. The predicted octanol–water partition coefficient (Wildman–Crippen LogP) is 4.21. The Labute approximate surface area is 122 Å². The van der Waals surface area contributed by atoms with Gasteiger partial charge in [0.15, 0.2) is 0 Å². The van der Waals surface area contributed by atoms with Crippen LogP contribution in [0.4, 0.5) is 5.69 Å². The molecule has 5 nitrogen and oxygen atoms in total. The lowest BCUT2D eigenvalue weighted by Crippen LogP contribution is -1.94. The molecule has 0 aliphatic heterocycles. The van der Waals surface area contributed by atoms with E-state index in [1.54, 1.807) is 12.1 Å². The monoisotopic (exact) mass is 282 g/mol. The van der Waals surface area contributed by atoms with Crippen LogP contribution in [-0.2, 0) is 6.42 Å². The molecule has 0 bridgehead atoms. The van der Waals surface area contributed by atoms with Crippen LogP contribution in [0.25, 0.3) is 0 Å². The van der Waals surface area contributed by atoms with Crippen molar-refractivity contribution in [2.45, 2.75) is 19.8 Å². The minimum atomic E-state index is -0.554. The maximum atomic E-state index is 11.0. The summed E-state index contributed by atoms with van der Waals surface area (Å²) in [5.74, 6) is 0.657. The smallest absolute Gasteiger partial charge is 0.312 e. The summed E-state index contributed by atoms with van der Waals surface area (Å²) in [5, 5.41) is 19.8. The first-order valence-electron chi connectivity index (χ1n) is 6.59. The molecule has 2 aromatic carbocycles. The Bertz CT molecular complexity index is 688. The lowest BCUT2D eigenvalue weighted by molar-refractivity contribution is -0.385. The van der Waals surface area contributed by atoms with Crippen molar-refractivity contribution in [1.29, 1.82) is 5.26 Å². The molecule has 21 heavy (non-hydrogen) atoms. The first kappa shape index (κ1) is 14.5. The fourth-order valence-corrected chi connectivity index (χ4v) is 1.96. The Morgan fingerprint density at radius 2 is 1.95 bits per heavy atom. The SMILES string of the molecule is CCCc1ccc(Oc2ccc(C#N)cc2[N+](=O)[O-])cc1. The van der Waals surface area contributed by atoms with Gasteiger partial charge in [-0.05, 0) is 36.2 Å². The molecule has 0 radical (unpaired) electrons. The van der Waals surface area contributed by atoms with Crippen molar-refractivity contribution in [1.82, 2.24) is 0 Å². The van der Waals surface area contributed by atoms with E-state index in [0.717, 1.165) is 12.8 Å². The second-order valence-corrected chi connectivity index (χ2v) is 4.55. The van der Waals surface area contributed by atoms with E-state index in [9.17, 15) is 10.1 Å². The zero-order valence-electron chi connectivity index (χ0n) is 11.6. The molecule has 0 amide bonds. The zero-order valence-corrected chi connectivity index (χ0v) is 11.6. The van der Waals surface area contributed by atoms with E-state index < -0.39 is 4.92 Å². The summed E-state index contributed by atoms with van der Waals surface area (Å²) in [6, 6.07) is 13.5. The Morgan fingerprint density at radius 1 is 1.24 bits per heavy atom. The van der Waals surface area contributed by atoms with Crippen LogP contribution in [0.15, 0.2) is 42.5 Å². The van der Waals surface area contributed by atoms with Gasteiger partial charge in [-0.15, -0.1) is 0 Å². The summed E-state index contributed by atoms with van der Waals surface area (Å²) in [6.07, 6.45) is 2.04. The fraction of sp³-hybridized carbons (Fsp3) is 0.188. The lowest BCUT2D eigenvalue weighted by atomic mass is 10.1. The first-order chi connectivity index (χ1) is 10.1. The molecule has 106 valence electrons. The van der Waals surface area contributed by atoms with Gasteiger partial charge >= 0.3 is 5.69 Å². The molecule has 0 aromatic heterocycles. The molecule has 2 rings (SSSR count). The molecule has 0 N–H and O–H groups in total. The molecule has 5 heteroatoms. The highest BCUT2D eigenvalue weighted by Gasteiger charge is 2.16. The van der Waals surface area contributed by atoms with E-state index in [2.05, 4.69) is 6.92 Å². The molecule has 0 unspecified atom stereocenters. The van der Waals surface area contributed by atoms with Crippen LogP contribution in [-0.4, -0.2) is 4.92 Å². The van der Waals surface area contributed by atoms with E-state index in [1.807, 2.05) is 18.2 Å². The van der Waals surface area contributed by atoms with Crippen molar-refractivity contribution in [2.24, 2.45) is 0 Å².